The lowest BCUT2D eigenvalue weighted by Crippen LogP contribution is -2.39. The van der Waals surface area contributed by atoms with E-state index in [0.29, 0.717) is 22.4 Å². The third-order valence-electron chi connectivity index (χ3n) is 6.18. The molecule has 0 amide bonds. The molecule has 1 atom stereocenters. The first kappa shape index (κ1) is 26.3. The number of nitrogens with zero attached hydrogens (tertiary/aromatic N) is 3. The van der Waals surface area contributed by atoms with E-state index < -0.39 is 16.1 Å². The van der Waals surface area contributed by atoms with Crippen molar-refractivity contribution in [2.45, 2.75) is 45.1 Å². The summed E-state index contributed by atoms with van der Waals surface area (Å²) in [5, 5.41) is 0.485. The number of sulfonamides is 1. The van der Waals surface area contributed by atoms with Crippen LogP contribution in [0.25, 0.3) is 16.6 Å². The van der Waals surface area contributed by atoms with Gasteiger partial charge in [0, 0.05) is 11.0 Å². The molecule has 0 N–H and O–H groups in total. The first-order valence-electron chi connectivity index (χ1n) is 12.0. The Balaban J connectivity index is 1.95. The lowest BCUT2D eigenvalue weighted by molar-refractivity contribution is 0.296. The van der Waals surface area contributed by atoms with Gasteiger partial charge in [0.25, 0.3) is 5.56 Å². The summed E-state index contributed by atoms with van der Waals surface area (Å²) in [6.07, 6.45) is 0.877. The van der Waals surface area contributed by atoms with Crippen molar-refractivity contribution in [2.75, 3.05) is 6.54 Å². The summed E-state index contributed by atoms with van der Waals surface area (Å²) in [6.45, 7) is 8.09. The zero-order chi connectivity index (χ0) is 26.0. The lowest BCUT2D eigenvalue weighted by atomic mass is 10.1. The van der Waals surface area contributed by atoms with E-state index in [0.717, 1.165) is 16.5 Å². The summed E-state index contributed by atoms with van der Waals surface area (Å²) in [5.74, 6) is 0.437. The summed E-state index contributed by atoms with van der Waals surface area (Å²) in [7, 11) is -3.88. The van der Waals surface area contributed by atoms with Gasteiger partial charge in [-0.05, 0) is 73.4 Å². The van der Waals surface area contributed by atoms with Crippen LogP contribution in [0.4, 0.5) is 0 Å². The molecule has 1 aromatic heterocycles. The fourth-order valence-electron chi connectivity index (χ4n) is 4.26. The Hall–Kier alpha value is -2.81. The number of rotatable bonds is 8. The average Bonchev–Trinajstić information content (AvgIpc) is 2.87. The number of aromatic nitrogens is 2. The maximum Gasteiger partial charge on any atom is 0.266 e. The Morgan fingerprint density at radius 1 is 0.944 bits per heavy atom. The van der Waals surface area contributed by atoms with Gasteiger partial charge in [0.2, 0.25) is 10.0 Å². The van der Waals surface area contributed by atoms with E-state index in [9.17, 15) is 13.2 Å². The minimum absolute atomic E-state index is 0.0575. The Labute approximate surface area is 220 Å². The van der Waals surface area contributed by atoms with Crippen LogP contribution in [-0.2, 0) is 16.4 Å². The van der Waals surface area contributed by atoms with Gasteiger partial charge in [-0.1, -0.05) is 61.0 Å². The van der Waals surface area contributed by atoms with Crippen molar-refractivity contribution in [3.05, 3.63) is 99.0 Å². The van der Waals surface area contributed by atoms with Crippen LogP contribution in [0.1, 0.15) is 45.1 Å². The molecule has 6 nitrogen and oxygen atoms in total. The smallest absolute Gasteiger partial charge is 0.266 e. The van der Waals surface area contributed by atoms with Crippen LogP contribution in [0, 0.1) is 5.92 Å². The van der Waals surface area contributed by atoms with Crippen LogP contribution in [0.2, 0.25) is 0 Å². The van der Waals surface area contributed by atoms with E-state index in [4.69, 9.17) is 4.98 Å². The molecule has 4 aromatic rings. The molecule has 0 saturated heterocycles. The largest absolute Gasteiger partial charge is 0.268 e. The van der Waals surface area contributed by atoms with Crippen molar-refractivity contribution < 1.29 is 8.42 Å². The van der Waals surface area contributed by atoms with E-state index in [1.807, 2.05) is 50.2 Å². The molecule has 36 heavy (non-hydrogen) atoms. The number of para-hydroxylation sites is 1. The van der Waals surface area contributed by atoms with Crippen molar-refractivity contribution in [1.82, 2.24) is 13.9 Å². The molecule has 8 heteroatoms. The van der Waals surface area contributed by atoms with Crippen LogP contribution in [-0.4, -0.2) is 28.8 Å². The fourth-order valence-corrected chi connectivity index (χ4v) is 6.28. The molecule has 4 rings (SSSR count). The van der Waals surface area contributed by atoms with E-state index in [1.54, 1.807) is 47.9 Å². The lowest BCUT2D eigenvalue weighted by Gasteiger charge is -2.31. The van der Waals surface area contributed by atoms with Gasteiger partial charge in [-0.25, -0.2) is 13.4 Å². The molecule has 1 unspecified atom stereocenters. The summed E-state index contributed by atoms with van der Waals surface area (Å²) in [5.41, 5.74) is 2.12. The van der Waals surface area contributed by atoms with E-state index in [-0.39, 0.29) is 22.9 Å². The van der Waals surface area contributed by atoms with Gasteiger partial charge in [-0.15, -0.1) is 0 Å². The van der Waals surface area contributed by atoms with Gasteiger partial charge in [-0.3, -0.25) is 9.36 Å². The van der Waals surface area contributed by atoms with Gasteiger partial charge in [0.1, 0.15) is 5.82 Å². The summed E-state index contributed by atoms with van der Waals surface area (Å²) in [4.78, 5) is 18.8. The van der Waals surface area contributed by atoms with Gasteiger partial charge < -0.3 is 0 Å². The topological polar surface area (TPSA) is 72.3 Å². The molecular formula is C28H30BrN3O3S. The summed E-state index contributed by atoms with van der Waals surface area (Å²) >= 11 is 3.38. The van der Waals surface area contributed by atoms with E-state index >= 15 is 0 Å². The summed E-state index contributed by atoms with van der Waals surface area (Å²) in [6, 6.07) is 20.8. The molecule has 0 aliphatic rings. The quantitative estimate of drug-likeness (QED) is 0.257. The van der Waals surface area contributed by atoms with Gasteiger partial charge in [0.05, 0.1) is 27.5 Å². The molecule has 0 bridgehead atoms. The van der Waals surface area contributed by atoms with Crippen molar-refractivity contribution in [2.24, 2.45) is 5.92 Å². The highest BCUT2D eigenvalue weighted by Crippen LogP contribution is 2.30. The second-order valence-electron chi connectivity index (χ2n) is 9.25. The normalized spacial score (nSPS) is 13.0. The molecule has 0 aliphatic heterocycles. The van der Waals surface area contributed by atoms with Crippen LogP contribution in [0.15, 0.2) is 87.0 Å². The zero-order valence-electron chi connectivity index (χ0n) is 20.8. The van der Waals surface area contributed by atoms with Crippen molar-refractivity contribution in [1.29, 1.82) is 0 Å². The van der Waals surface area contributed by atoms with Gasteiger partial charge >= 0.3 is 0 Å². The summed E-state index contributed by atoms with van der Waals surface area (Å²) < 4.78 is 31.5. The second kappa shape index (κ2) is 10.7. The SMILES string of the molecule is CCc1ccc(-n2c(C(C)N(CC(C)C)S(=O)(=O)c3ccc(Br)cc3)nc3ccccc3c2=O)cc1. The number of hydrogen-bond acceptors (Lipinski definition) is 4. The van der Waals surface area contributed by atoms with Crippen LogP contribution in [0.3, 0.4) is 0 Å². The number of halogens is 1. The maximum atomic E-state index is 13.9. The van der Waals surface area contributed by atoms with Crippen molar-refractivity contribution in [3.63, 3.8) is 0 Å². The molecule has 3 aromatic carbocycles. The van der Waals surface area contributed by atoms with Crippen molar-refractivity contribution in [3.8, 4) is 5.69 Å². The van der Waals surface area contributed by atoms with E-state index in [1.165, 1.54) is 4.31 Å². The van der Waals surface area contributed by atoms with Crippen molar-refractivity contribution >= 4 is 36.9 Å². The van der Waals surface area contributed by atoms with Crippen LogP contribution < -0.4 is 5.56 Å². The third-order valence-corrected chi connectivity index (χ3v) is 8.65. The number of aryl methyl sites for hydroxylation is 1. The first-order chi connectivity index (χ1) is 17.1. The highest BCUT2D eigenvalue weighted by atomic mass is 79.9. The average molecular weight is 569 g/mol. The van der Waals surface area contributed by atoms with Gasteiger partial charge in [0.15, 0.2) is 0 Å². The molecule has 1 heterocycles. The Kier molecular flexibility index (Phi) is 7.78. The zero-order valence-corrected chi connectivity index (χ0v) is 23.3. The van der Waals surface area contributed by atoms with Crippen LogP contribution in [0.5, 0.6) is 0 Å². The van der Waals surface area contributed by atoms with E-state index in [2.05, 4.69) is 22.9 Å². The minimum atomic E-state index is -3.88. The second-order valence-corrected chi connectivity index (χ2v) is 12.1. The highest BCUT2D eigenvalue weighted by Gasteiger charge is 2.33. The third kappa shape index (κ3) is 5.16. The Morgan fingerprint density at radius 2 is 1.58 bits per heavy atom. The standard InChI is InChI=1S/C28H30BrN3O3S/c1-5-21-10-14-23(15-11-21)32-27(30-26-9-7-6-8-25(26)28(32)33)20(4)31(18-19(2)3)36(34,35)24-16-12-22(29)13-17-24/h6-17,19-20H,5,18H2,1-4H3. The highest BCUT2D eigenvalue weighted by molar-refractivity contribution is 9.10. The first-order valence-corrected chi connectivity index (χ1v) is 14.2. The number of fused-ring (bicyclic) bond motifs is 1. The van der Waals surface area contributed by atoms with Crippen LogP contribution >= 0.6 is 15.9 Å². The Bertz CT molecular complexity index is 1530. The number of benzene rings is 3. The predicted molar refractivity (Wildman–Crippen MR) is 148 cm³/mol. The molecule has 0 aliphatic carbocycles. The minimum Gasteiger partial charge on any atom is -0.268 e. The van der Waals surface area contributed by atoms with Gasteiger partial charge in [-0.2, -0.15) is 4.31 Å². The fraction of sp³-hybridized carbons (Fsp3) is 0.286. The predicted octanol–water partition coefficient (Wildman–Crippen LogP) is 6.12. The molecular weight excluding hydrogens is 538 g/mol. The molecule has 188 valence electrons. The molecule has 0 spiro atoms. The monoisotopic (exact) mass is 567 g/mol. The number of hydrogen-bond donors (Lipinski definition) is 0. The molecule has 0 saturated carbocycles. The molecule has 0 fully saturated rings. The molecule has 0 radical (unpaired) electrons. The Morgan fingerprint density at radius 3 is 2.19 bits per heavy atom. The maximum absolute atomic E-state index is 13.9.